The standard InChI is InChI=1S/C18H19N3/c1-2-21(15-8-4-3-5-9-15)13-14-12-17(19)16-10-6-7-11-18(16)20-14/h3-12H,2,13H2,1H3,(H2,19,20). The minimum atomic E-state index is 0.759. The molecule has 1 aromatic heterocycles. The van der Waals surface area contributed by atoms with Gasteiger partial charge in [-0.25, -0.2) is 0 Å². The fourth-order valence-electron chi connectivity index (χ4n) is 2.56. The van der Waals surface area contributed by atoms with Gasteiger partial charge in [-0.05, 0) is 31.2 Å². The van der Waals surface area contributed by atoms with E-state index in [1.54, 1.807) is 0 Å². The van der Waals surface area contributed by atoms with Crippen LogP contribution in [0.4, 0.5) is 11.4 Å². The Kier molecular flexibility index (Phi) is 3.73. The molecular weight excluding hydrogens is 258 g/mol. The molecule has 3 nitrogen and oxygen atoms in total. The molecule has 0 aliphatic heterocycles. The molecule has 0 atom stereocenters. The number of aromatic nitrogens is 1. The van der Waals surface area contributed by atoms with Crippen molar-refractivity contribution in [2.45, 2.75) is 13.5 Å². The van der Waals surface area contributed by atoms with E-state index in [2.05, 4.69) is 36.1 Å². The Bertz CT molecular complexity index is 738. The summed E-state index contributed by atoms with van der Waals surface area (Å²) in [5.41, 5.74) is 10.1. The van der Waals surface area contributed by atoms with E-state index in [1.165, 1.54) is 5.69 Å². The number of hydrogen-bond acceptors (Lipinski definition) is 3. The monoisotopic (exact) mass is 277 g/mol. The van der Waals surface area contributed by atoms with Crippen molar-refractivity contribution in [1.29, 1.82) is 0 Å². The van der Waals surface area contributed by atoms with E-state index in [-0.39, 0.29) is 0 Å². The van der Waals surface area contributed by atoms with E-state index in [4.69, 9.17) is 10.7 Å². The average Bonchev–Trinajstić information content (AvgIpc) is 2.53. The Morgan fingerprint density at radius 1 is 1.00 bits per heavy atom. The summed E-state index contributed by atoms with van der Waals surface area (Å²) in [6.07, 6.45) is 0. The van der Waals surface area contributed by atoms with Crippen LogP contribution >= 0.6 is 0 Å². The molecule has 21 heavy (non-hydrogen) atoms. The van der Waals surface area contributed by atoms with Crippen LogP contribution in [-0.2, 0) is 6.54 Å². The molecule has 0 bridgehead atoms. The second-order valence-electron chi connectivity index (χ2n) is 5.07. The molecule has 0 amide bonds. The number of anilines is 2. The highest BCUT2D eigenvalue weighted by molar-refractivity contribution is 5.90. The lowest BCUT2D eigenvalue weighted by atomic mass is 10.1. The zero-order chi connectivity index (χ0) is 14.7. The van der Waals surface area contributed by atoms with E-state index in [1.807, 2.05) is 36.4 Å². The summed E-state index contributed by atoms with van der Waals surface area (Å²) in [4.78, 5) is 7.02. The topological polar surface area (TPSA) is 42.1 Å². The number of nitrogens with zero attached hydrogens (tertiary/aromatic N) is 2. The lowest BCUT2D eigenvalue weighted by Crippen LogP contribution is -2.22. The molecule has 0 aliphatic rings. The third-order valence-corrected chi connectivity index (χ3v) is 3.66. The van der Waals surface area contributed by atoms with Crippen LogP contribution < -0.4 is 10.6 Å². The summed E-state index contributed by atoms with van der Waals surface area (Å²) in [6, 6.07) is 20.4. The van der Waals surface area contributed by atoms with Gasteiger partial charge < -0.3 is 10.6 Å². The predicted octanol–water partition coefficient (Wildman–Crippen LogP) is 3.84. The lowest BCUT2D eigenvalue weighted by molar-refractivity contribution is 0.814. The van der Waals surface area contributed by atoms with Crippen LogP contribution in [0.25, 0.3) is 10.9 Å². The molecule has 3 heteroatoms. The maximum absolute atomic E-state index is 6.15. The molecule has 3 rings (SSSR count). The minimum absolute atomic E-state index is 0.759. The zero-order valence-electron chi connectivity index (χ0n) is 12.2. The number of fused-ring (bicyclic) bond motifs is 1. The number of nitrogens with two attached hydrogens (primary N) is 1. The van der Waals surface area contributed by atoms with Crippen LogP contribution in [0.3, 0.4) is 0 Å². The van der Waals surface area contributed by atoms with E-state index in [0.29, 0.717) is 0 Å². The predicted molar refractivity (Wildman–Crippen MR) is 89.3 cm³/mol. The molecular formula is C18H19N3. The molecule has 2 N–H and O–H groups in total. The first-order valence-electron chi connectivity index (χ1n) is 7.22. The number of rotatable bonds is 4. The largest absolute Gasteiger partial charge is 0.398 e. The molecule has 0 radical (unpaired) electrons. The number of para-hydroxylation sites is 2. The summed E-state index contributed by atoms with van der Waals surface area (Å²) >= 11 is 0. The van der Waals surface area contributed by atoms with Crippen LogP contribution in [-0.4, -0.2) is 11.5 Å². The summed E-state index contributed by atoms with van der Waals surface area (Å²) in [7, 11) is 0. The first-order chi connectivity index (χ1) is 10.3. The summed E-state index contributed by atoms with van der Waals surface area (Å²) in [6.45, 7) is 3.84. The van der Waals surface area contributed by atoms with Crippen LogP contribution in [0.1, 0.15) is 12.6 Å². The molecule has 0 aliphatic carbocycles. The highest BCUT2D eigenvalue weighted by Crippen LogP contribution is 2.22. The molecule has 0 spiro atoms. The van der Waals surface area contributed by atoms with Gasteiger partial charge in [0, 0.05) is 23.3 Å². The second-order valence-corrected chi connectivity index (χ2v) is 5.07. The van der Waals surface area contributed by atoms with Crippen LogP contribution in [0.5, 0.6) is 0 Å². The molecule has 0 saturated carbocycles. The van der Waals surface area contributed by atoms with Gasteiger partial charge in [0.05, 0.1) is 17.8 Å². The number of pyridine rings is 1. The molecule has 0 saturated heterocycles. The van der Waals surface area contributed by atoms with Gasteiger partial charge in [-0.2, -0.15) is 0 Å². The van der Waals surface area contributed by atoms with Crippen molar-refractivity contribution in [3.05, 3.63) is 66.4 Å². The van der Waals surface area contributed by atoms with Gasteiger partial charge in [0.1, 0.15) is 0 Å². The van der Waals surface area contributed by atoms with Crippen molar-refractivity contribution in [2.24, 2.45) is 0 Å². The van der Waals surface area contributed by atoms with Gasteiger partial charge in [0.15, 0.2) is 0 Å². The Morgan fingerprint density at radius 2 is 1.71 bits per heavy atom. The van der Waals surface area contributed by atoms with Gasteiger partial charge in [-0.3, -0.25) is 4.98 Å². The fraction of sp³-hybridized carbons (Fsp3) is 0.167. The van der Waals surface area contributed by atoms with Crippen molar-refractivity contribution >= 4 is 22.3 Å². The Hall–Kier alpha value is -2.55. The van der Waals surface area contributed by atoms with Crippen molar-refractivity contribution < 1.29 is 0 Å². The summed E-state index contributed by atoms with van der Waals surface area (Å²) in [5, 5.41) is 1.02. The van der Waals surface area contributed by atoms with Crippen LogP contribution in [0.2, 0.25) is 0 Å². The smallest absolute Gasteiger partial charge is 0.0726 e. The van der Waals surface area contributed by atoms with E-state index in [0.717, 1.165) is 35.4 Å². The number of hydrogen-bond donors (Lipinski definition) is 1. The maximum Gasteiger partial charge on any atom is 0.0726 e. The van der Waals surface area contributed by atoms with Gasteiger partial charge in [0.25, 0.3) is 0 Å². The van der Waals surface area contributed by atoms with Gasteiger partial charge in [-0.15, -0.1) is 0 Å². The average molecular weight is 277 g/mol. The first kappa shape index (κ1) is 13.4. The third kappa shape index (κ3) is 2.82. The van der Waals surface area contributed by atoms with Crippen molar-refractivity contribution in [1.82, 2.24) is 4.98 Å². The summed E-state index contributed by atoms with van der Waals surface area (Å²) in [5.74, 6) is 0. The summed E-state index contributed by atoms with van der Waals surface area (Å²) < 4.78 is 0. The lowest BCUT2D eigenvalue weighted by Gasteiger charge is -2.23. The molecule has 0 unspecified atom stereocenters. The molecule has 106 valence electrons. The first-order valence-corrected chi connectivity index (χ1v) is 7.22. The molecule has 0 fully saturated rings. The highest BCUT2D eigenvalue weighted by atomic mass is 15.1. The second kappa shape index (κ2) is 5.83. The Balaban J connectivity index is 1.93. The maximum atomic E-state index is 6.15. The SMILES string of the molecule is CCN(Cc1cc(N)c2ccccc2n1)c1ccccc1. The zero-order valence-corrected chi connectivity index (χ0v) is 12.2. The highest BCUT2D eigenvalue weighted by Gasteiger charge is 2.08. The molecule has 2 aromatic carbocycles. The molecule has 3 aromatic rings. The normalized spacial score (nSPS) is 10.7. The molecule has 1 heterocycles. The van der Waals surface area contributed by atoms with Gasteiger partial charge in [0.2, 0.25) is 0 Å². The van der Waals surface area contributed by atoms with Crippen molar-refractivity contribution in [2.75, 3.05) is 17.2 Å². The van der Waals surface area contributed by atoms with Crippen LogP contribution in [0, 0.1) is 0 Å². The van der Waals surface area contributed by atoms with Crippen molar-refractivity contribution in [3.8, 4) is 0 Å². The van der Waals surface area contributed by atoms with Crippen LogP contribution in [0.15, 0.2) is 60.7 Å². The van der Waals surface area contributed by atoms with E-state index >= 15 is 0 Å². The third-order valence-electron chi connectivity index (χ3n) is 3.66. The quantitative estimate of drug-likeness (QED) is 0.787. The fourth-order valence-corrected chi connectivity index (χ4v) is 2.56. The van der Waals surface area contributed by atoms with Gasteiger partial charge in [-0.1, -0.05) is 36.4 Å². The number of benzene rings is 2. The Morgan fingerprint density at radius 3 is 2.48 bits per heavy atom. The van der Waals surface area contributed by atoms with E-state index < -0.39 is 0 Å². The minimum Gasteiger partial charge on any atom is -0.398 e. The van der Waals surface area contributed by atoms with E-state index in [9.17, 15) is 0 Å². The van der Waals surface area contributed by atoms with Crippen molar-refractivity contribution in [3.63, 3.8) is 0 Å². The number of nitrogen functional groups attached to an aromatic ring is 1. The van der Waals surface area contributed by atoms with Gasteiger partial charge >= 0.3 is 0 Å². The Labute approximate surface area is 125 Å².